The molecule has 0 bridgehead atoms. The van der Waals surface area contributed by atoms with E-state index in [-0.39, 0.29) is 10.6 Å². The Balaban J connectivity index is 1.92. The van der Waals surface area contributed by atoms with Gasteiger partial charge in [-0.15, -0.1) is 0 Å². The molecule has 0 spiro atoms. The van der Waals surface area contributed by atoms with Crippen LogP contribution < -0.4 is 10.6 Å². The van der Waals surface area contributed by atoms with Gasteiger partial charge in [-0.2, -0.15) is 0 Å². The van der Waals surface area contributed by atoms with E-state index in [2.05, 4.69) is 4.90 Å². The van der Waals surface area contributed by atoms with E-state index < -0.39 is 11.6 Å². The molecule has 1 saturated carbocycles. The van der Waals surface area contributed by atoms with Crippen molar-refractivity contribution in [1.29, 1.82) is 0 Å². The molecule has 0 radical (unpaired) electrons. The molecule has 1 aromatic carbocycles. The number of anilines is 1. The van der Waals surface area contributed by atoms with Crippen LogP contribution in [-0.4, -0.2) is 17.6 Å². The van der Waals surface area contributed by atoms with Gasteiger partial charge in [-0.05, 0) is 43.7 Å². The van der Waals surface area contributed by atoms with E-state index in [1.165, 1.54) is 31.7 Å². The molecule has 1 atom stereocenters. The highest BCUT2D eigenvalue weighted by Crippen LogP contribution is 2.39. The van der Waals surface area contributed by atoms with Crippen LogP contribution >= 0.6 is 12.2 Å². The largest absolute Gasteiger partial charge is 0.389 e. The van der Waals surface area contributed by atoms with Crippen molar-refractivity contribution in [2.75, 3.05) is 11.4 Å². The van der Waals surface area contributed by atoms with Crippen LogP contribution in [0.1, 0.15) is 44.1 Å². The predicted octanol–water partition coefficient (Wildman–Crippen LogP) is 3.76. The highest BCUT2D eigenvalue weighted by atomic mass is 32.1. The van der Waals surface area contributed by atoms with Crippen molar-refractivity contribution in [2.45, 2.75) is 44.6 Å². The lowest BCUT2D eigenvalue weighted by Crippen LogP contribution is -2.35. The van der Waals surface area contributed by atoms with Crippen molar-refractivity contribution in [3.05, 3.63) is 29.3 Å². The maximum absolute atomic E-state index is 14.4. The van der Waals surface area contributed by atoms with Gasteiger partial charge in [0, 0.05) is 18.2 Å². The average Bonchev–Trinajstić information content (AvgIpc) is 3.10. The monoisotopic (exact) mass is 310 g/mol. The molecule has 1 unspecified atom stereocenters. The molecule has 1 aromatic rings. The maximum Gasteiger partial charge on any atom is 0.182 e. The molecule has 0 aromatic heterocycles. The zero-order valence-electron chi connectivity index (χ0n) is 11.9. The van der Waals surface area contributed by atoms with Crippen LogP contribution in [0.5, 0.6) is 0 Å². The number of nitrogens with two attached hydrogens (primary N) is 1. The van der Waals surface area contributed by atoms with Gasteiger partial charge in [0.2, 0.25) is 0 Å². The lowest BCUT2D eigenvalue weighted by atomic mass is 9.95. The molecule has 1 aliphatic carbocycles. The molecule has 1 heterocycles. The Hall–Kier alpha value is -1.23. The first-order valence-electron chi connectivity index (χ1n) is 7.64. The fourth-order valence-electron chi connectivity index (χ4n) is 3.88. The third-order valence-corrected chi connectivity index (χ3v) is 5.10. The summed E-state index contributed by atoms with van der Waals surface area (Å²) in [6.07, 6.45) is 7.03. The third kappa shape index (κ3) is 2.63. The van der Waals surface area contributed by atoms with Crippen LogP contribution in [0.4, 0.5) is 14.5 Å². The van der Waals surface area contributed by atoms with Crippen molar-refractivity contribution in [3.8, 4) is 0 Å². The lowest BCUT2D eigenvalue weighted by molar-refractivity contribution is 0.424. The van der Waals surface area contributed by atoms with Gasteiger partial charge < -0.3 is 10.6 Å². The molecular weight excluding hydrogens is 290 g/mol. The minimum Gasteiger partial charge on any atom is -0.389 e. The standard InChI is InChI=1S/C16H20F2N2S/c17-14-11(16(19)21)7-8-13(15(14)18)20-9-3-6-12(20)10-4-1-2-5-10/h7-8,10,12H,1-6,9H2,(H2,19,21). The maximum atomic E-state index is 14.4. The first-order valence-corrected chi connectivity index (χ1v) is 8.05. The number of thiocarbonyl (C=S) groups is 1. The topological polar surface area (TPSA) is 29.3 Å². The summed E-state index contributed by atoms with van der Waals surface area (Å²) in [5.74, 6) is -1.12. The zero-order valence-corrected chi connectivity index (χ0v) is 12.8. The van der Waals surface area contributed by atoms with E-state index in [0.29, 0.717) is 17.6 Å². The molecule has 2 N–H and O–H groups in total. The van der Waals surface area contributed by atoms with Crippen LogP contribution in [0.25, 0.3) is 0 Å². The normalized spacial score (nSPS) is 23.0. The second-order valence-electron chi connectivity index (χ2n) is 6.07. The first-order chi connectivity index (χ1) is 10.1. The summed E-state index contributed by atoms with van der Waals surface area (Å²) in [7, 11) is 0. The summed E-state index contributed by atoms with van der Waals surface area (Å²) >= 11 is 4.76. The number of hydrogen-bond acceptors (Lipinski definition) is 2. The molecule has 3 rings (SSSR count). The fourth-order valence-corrected chi connectivity index (χ4v) is 4.03. The number of benzene rings is 1. The van der Waals surface area contributed by atoms with Crippen LogP contribution in [-0.2, 0) is 0 Å². The molecule has 5 heteroatoms. The molecule has 2 nitrogen and oxygen atoms in total. The van der Waals surface area contributed by atoms with Gasteiger partial charge in [-0.25, -0.2) is 8.78 Å². The number of nitrogens with zero attached hydrogens (tertiary/aromatic N) is 1. The van der Waals surface area contributed by atoms with E-state index in [4.69, 9.17) is 18.0 Å². The molecule has 2 aliphatic rings. The SMILES string of the molecule is NC(=S)c1ccc(N2CCCC2C2CCCC2)c(F)c1F. The van der Waals surface area contributed by atoms with Gasteiger partial charge >= 0.3 is 0 Å². The minimum absolute atomic E-state index is 0.0112. The van der Waals surface area contributed by atoms with E-state index >= 15 is 0 Å². The average molecular weight is 310 g/mol. The Morgan fingerprint density at radius 3 is 2.48 bits per heavy atom. The van der Waals surface area contributed by atoms with Crippen LogP contribution in [0.3, 0.4) is 0 Å². The van der Waals surface area contributed by atoms with Crippen LogP contribution in [0, 0.1) is 17.6 Å². The van der Waals surface area contributed by atoms with Crippen molar-refractivity contribution >= 4 is 22.9 Å². The molecule has 1 saturated heterocycles. The second kappa shape index (κ2) is 5.87. The Labute approximate surface area is 129 Å². The van der Waals surface area contributed by atoms with Gasteiger partial charge in [0.05, 0.1) is 5.69 Å². The minimum atomic E-state index is -0.919. The molecule has 114 valence electrons. The Bertz CT molecular complexity index is 555. The smallest absolute Gasteiger partial charge is 0.182 e. The molecule has 0 amide bonds. The number of halogens is 2. The molecule has 1 aliphatic heterocycles. The van der Waals surface area contributed by atoms with E-state index in [9.17, 15) is 8.78 Å². The summed E-state index contributed by atoms with van der Waals surface area (Å²) in [6, 6.07) is 3.47. The number of hydrogen-bond donors (Lipinski definition) is 1. The first kappa shape index (κ1) is 14.7. The fraction of sp³-hybridized carbons (Fsp3) is 0.562. The van der Waals surface area contributed by atoms with Gasteiger partial charge in [0.15, 0.2) is 11.6 Å². The van der Waals surface area contributed by atoms with Crippen molar-refractivity contribution in [3.63, 3.8) is 0 Å². The van der Waals surface area contributed by atoms with Crippen molar-refractivity contribution in [2.24, 2.45) is 11.7 Å². The van der Waals surface area contributed by atoms with Crippen LogP contribution in [0.2, 0.25) is 0 Å². The quantitative estimate of drug-likeness (QED) is 0.862. The summed E-state index contributed by atoms with van der Waals surface area (Å²) in [5.41, 5.74) is 5.78. The van der Waals surface area contributed by atoms with E-state index in [1.54, 1.807) is 6.07 Å². The van der Waals surface area contributed by atoms with Crippen LogP contribution in [0.15, 0.2) is 12.1 Å². The van der Waals surface area contributed by atoms with Gasteiger partial charge in [0.25, 0.3) is 0 Å². The molecule has 21 heavy (non-hydrogen) atoms. The van der Waals surface area contributed by atoms with Gasteiger partial charge in [0.1, 0.15) is 4.99 Å². The summed E-state index contributed by atoms with van der Waals surface area (Å²) < 4.78 is 28.5. The Morgan fingerprint density at radius 1 is 1.10 bits per heavy atom. The highest BCUT2D eigenvalue weighted by Gasteiger charge is 2.35. The van der Waals surface area contributed by atoms with E-state index in [0.717, 1.165) is 19.4 Å². The lowest BCUT2D eigenvalue weighted by Gasteiger charge is -2.31. The Morgan fingerprint density at radius 2 is 1.81 bits per heavy atom. The predicted molar refractivity (Wildman–Crippen MR) is 84.6 cm³/mol. The number of rotatable bonds is 3. The van der Waals surface area contributed by atoms with Gasteiger partial charge in [-0.1, -0.05) is 25.1 Å². The summed E-state index contributed by atoms with van der Waals surface area (Å²) in [6.45, 7) is 0.796. The van der Waals surface area contributed by atoms with Gasteiger partial charge in [-0.3, -0.25) is 0 Å². The van der Waals surface area contributed by atoms with Crippen molar-refractivity contribution < 1.29 is 8.78 Å². The third-order valence-electron chi connectivity index (χ3n) is 4.88. The molecular formula is C16H20F2N2S. The summed E-state index contributed by atoms with van der Waals surface area (Å²) in [4.78, 5) is 1.95. The second-order valence-corrected chi connectivity index (χ2v) is 6.51. The van der Waals surface area contributed by atoms with Crippen molar-refractivity contribution in [1.82, 2.24) is 0 Å². The zero-order chi connectivity index (χ0) is 15.0. The summed E-state index contributed by atoms with van der Waals surface area (Å²) in [5, 5.41) is 0. The highest BCUT2D eigenvalue weighted by molar-refractivity contribution is 7.80. The molecule has 2 fully saturated rings. The Kier molecular flexibility index (Phi) is 4.11. The van der Waals surface area contributed by atoms with E-state index in [1.807, 2.05) is 0 Å².